The third kappa shape index (κ3) is 3.31. The van der Waals surface area contributed by atoms with E-state index in [1.807, 2.05) is 13.0 Å². The van der Waals surface area contributed by atoms with Gasteiger partial charge in [0, 0.05) is 18.4 Å². The summed E-state index contributed by atoms with van der Waals surface area (Å²) in [6.07, 6.45) is 9.17. The number of hydrogen-bond donors (Lipinski definition) is 1. The van der Waals surface area contributed by atoms with Crippen LogP contribution in [0.4, 0.5) is 0 Å². The molecule has 6 heteroatoms. The summed E-state index contributed by atoms with van der Waals surface area (Å²) >= 11 is 0. The van der Waals surface area contributed by atoms with Gasteiger partial charge in [0.1, 0.15) is 17.2 Å². The maximum atomic E-state index is 12.3. The molecule has 1 aliphatic heterocycles. The van der Waals surface area contributed by atoms with Gasteiger partial charge in [-0.3, -0.25) is 14.7 Å². The molecule has 2 aromatic rings. The van der Waals surface area contributed by atoms with Gasteiger partial charge in [0.05, 0.1) is 12.7 Å². The van der Waals surface area contributed by atoms with Crippen LogP contribution >= 0.6 is 0 Å². The molecule has 1 saturated carbocycles. The lowest BCUT2D eigenvalue weighted by Crippen LogP contribution is -2.59. The minimum atomic E-state index is -0.106. The lowest BCUT2D eigenvalue weighted by molar-refractivity contribution is -0.00861. The van der Waals surface area contributed by atoms with Gasteiger partial charge in [0.15, 0.2) is 0 Å². The maximum absolute atomic E-state index is 12.3. The van der Waals surface area contributed by atoms with E-state index in [0.29, 0.717) is 5.69 Å². The Morgan fingerprint density at radius 3 is 2.76 bits per heavy atom. The van der Waals surface area contributed by atoms with Crippen molar-refractivity contribution in [1.29, 1.82) is 0 Å². The van der Waals surface area contributed by atoms with Gasteiger partial charge in [-0.15, -0.1) is 0 Å². The summed E-state index contributed by atoms with van der Waals surface area (Å²) in [6, 6.07) is 4.34. The van der Waals surface area contributed by atoms with Crippen LogP contribution in [-0.2, 0) is 6.54 Å². The second-order valence-corrected chi connectivity index (χ2v) is 7.31. The molecule has 2 fully saturated rings. The number of rotatable bonds is 4. The molecule has 132 valence electrons. The van der Waals surface area contributed by atoms with Crippen LogP contribution in [0.3, 0.4) is 0 Å². The molecular weight excluding hydrogens is 316 g/mol. The van der Waals surface area contributed by atoms with E-state index in [-0.39, 0.29) is 17.4 Å². The molecule has 1 atom stereocenters. The molecule has 1 spiro atoms. The van der Waals surface area contributed by atoms with E-state index in [9.17, 15) is 4.79 Å². The number of hydrogen-bond acceptors (Lipinski definition) is 5. The first-order chi connectivity index (χ1) is 12.1. The summed E-state index contributed by atoms with van der Waals surface area (Å²) in [5, 5.41) is 3.18. The van der Waals surface area contributed by atoms with Crippen molar-refractivity contribution >= 4 is 5.91 Å². The van der Waals surface area contributed by atoms with Crippen LogP contribution in [0, 0.1) is 12.3 Å². The SMILES string of the molecule is Cc1ccc(CN2CCC3(CCC3NC(=O)c3cnccn3)CC2)o1. The van der Waals surface area contributed by atoms with Gasteiger partial charge in [-0.25, -0.2) is 4.98 Å². The molecule has 2 aliphatic rings. The molecule has 25 heavy (non-hydrogen) atoms. The maximum Gasteiger partial charge on any atom is 0.271 e. The van der Waals surface area contributed by atoms with Gasteiger partial charge in [-0.1, -0.05) is 0 Å². The fraction of sp³-hybridized carbons (Fsp3) is 0.526. The Kier molecular flexibility index (Phi) is 4.29. The molecule has 2 aromatic heterocycles. The van der Waals surface area contributed by atoms with Crippen LogP contribution in [0.2, 0.25) is 0 Å². The lowest BCUT2D eigenvalue weighted by atomic mass is 9.59. The number of carbonyl (C=O) groups excluding carboxylic acids is 1. The number of piperidine rings is 1. The second-order valence-electron chi connectivity index (χ2n) is 7.31. The van der Waals surface area contributed by atoms with Crippen LogP contribution < -0.4 is 5.32 Å². The smallest absolute Gasteiger partial charge is 0.271 e. The highest BCUT2D eigenvalue weighted by Gasteiger charge is 2.48. The molecule has 0 aromatic carbocycles. The van der Waals surface area contributed by atoms with E-state index >= 15 is 0 Å². The standard InChI is InChI=1S/C19H24N4O2/c1-14-2-3-15(25-14)13-23-10-6-19(7-11-23)5-4-17(19)22-18(24)16-12-20-8-9-21-16/h2-3,8-9,12,17H,4-7,10-11,13H2,1H3,(H,22,24). The summed E-state index contributed by atoms with van der Waals surface area (Å²) in [4.78, 5) is 22.9. The van der Waals surface area contributed by atoms with Crippen molar-refractivity contribution in [2.45, 2.75) is 45.2 Å². The Morgan fingerprint density at radius 1 is 1.32 bits per heavy atom. The van der Waals surface area contributed by atoms with Gasteiger partial charge in [-0.05, 0) is 63.2 Å². The summed E-state index contributed by atoms with van der Waals surface area (Å²) in [5.74, 6) is 1.90. The highest BCUT2D eigenvalue weighted by atomic mass is 16.3. The second kappa shape index (κ2) is 6.59. The third-order valence-corrected chi connectivity index (χ3v) is 5.80. The monoisotopic (exact) mass is 340 g/mol. The lowest BCUT2D eigenvalue weighted by Gasteiger charge is -2.54. The number of nitrogens with zero attached hydrogens (tertiary/aromatic N) is 3. The van der Waals surface area contributed by atoms with E-state index < -0.39 is 0 Å². The minimum absolute atomic E-state index is 0.106. The first kappa shape index (κ1) is 16.3. The van der Waals surface area contributed by atoms with Gasteiger partial charge in [0.2, 0.25) is 0 Å². The van der Waals surface area contributed by atoms with E-state index in [0.717, 1.165) is 50.4 Å². The van der Waals surface area contributed by atoms with Crippen molar-refractivity contribution in [3.63, 3.8) is 0 Å². The number of carbonyl (C=O) groups is 1. The molecule has 1 unspecified atom stereocenters. The summed E-state index contributed by atoms with van der Waals surface area (Å²) in [6.45, 7) is 4.96. The summed E-state index contributed by atoms with van der Waals surface area (Å²) < 4.78 is 5.69. The highest BCUT2D eigenvalue weighted by Crippen LogP contribution is 2.49. The van der Waals surface area contributed by atoms with Gasteiger partial charge in [0.25, 0.3) is 5.91 Å². The third-order valence-electron chi connectivity index (χ3n) is 5.80. The Bertz CT molecular complexity index is 735. The highest BCUT2D eigenvalue weighted by molar-refractivity contribution is 5.92. The van der Waals surface area contributed by atoms with E-state index in [1.165, 1.54) is 12.6 Å². The van der Waals surface area contributed by atoms with Crippen molar-refractivity contribution in [3.05, 3.63) is 47.9 Å². The number of nitrogens with one attached hydrogen (secondary N) is 1. The molecule has 1 aliphatic carbocycles. The number of furan rings is 1. The quantitative estimate of drug-likeness (QED) is 0.926. The Balaban J connectivity index is 1.32. The van der Waals surface area contributed by atoms with Crippen molar-refractivity contribution in [2.24, 2.45) is 5.41 Å². The van der Waals surface area contributed by atoms with Gasteiger partial charge < -0.3 is 9.73 Å². The largest absolute Gasteiger partial charge is 0.465 e. The molecule has 3 heterocycles. The van der Waals surface area contributed by atoms with Crippen molar-refractivity contribution in [2.75, 3.05) is 13.1 Å². The zero-order chi connectivity index (χ0) is 17.3. The van der Waals surface area contributed by atoms with Crippen LogP contribution in [0.5, 0.6) is 0 Å². The summed E-state index contributed by atoms with van der Waals surface area (Å²) in [7, 11) is 0. The average molecular weight is 340 g/mol. The first-order valence-electron chi connectivity index (χ1n) is 8.99. The number of amides is 1. The molecule has 1 amide bonds. The summed E-state index contributed by atoms with van der Waals surface area (Å²) in [5.41, 5.74) is 0.656. The van der Waals surface area contributed by atoms with Crippen LogP contribution in [0.1, 0.15) is 47.7 Å². The fourth-order valence-corrected chi connectivity index (χ4v) is 4.12. The van der Waals surface area contributed by atoms with Gasteiger partial charge in [-0.2, -0.15) is 0 Å². The zero-order valence-corrected chi connectivity index (χ0v) is 14.6. The minimum Gasteiger partial charge on any atom is -0.465 e. The van der Waals surface area contributed by atoms with E-state index in [2.05, 4.69) is 26.3 Å². The number of aromatic nitrogens is 2. The van der Waals surface area contributed by atoms with Crippen molar-refractivity contribution in [1.82, 2.24) is 20.2 Å². The predicted molar refractivity (Wildman–Crippen MR) is 92.9 cm³/mol. The van der Waals surface area contributed by atoms with Crippen molar-refractivity contribution < 1.29 is 9.21 Å². The molecule has 0 bridgehead atoms. The predicted octanol–water partition coefficient (Wildman–Crippen LogP) is 2.55. The van der Waals surface area contributed by atoms with Crippen molar-refractivity contribution in [3.8, 4) is 0 Å². The molecule has 0 radical (unpaired) electrons. The van der Waals surface area contributed by atoms with Crippen LogP contribution in [0.25, 0.3) is 0 Å². The zero-order valence-electron chi connectivity index (χ0n) is 14.6. The fourth-order valence-electron chi connectivity index (χ4n) is 4.12. The molecule has 1 N–H and O–H groups in total. The van der Waals surface area contributed by atoms with Crippen LogP contribution in [-0.4, -0.2) is 39.9 Å². The molecule has 4 rings (SSSR count). The molecule has 6 nitrogen and oxygen atoms in total. The average Bonchev–Trinajstić information content (AvgIpc) is 3.05. The molecule has 1 saturated heterocycles. The first-order valence-corrected chi connectivity index (χ1v) is 8.99. The topological polar surface area (TPSA) is 71.3 Å². The van der Waals surface area contributed by atoms with Crippen LogP contribution in [0.15, 0.2) is 35.1 Å². The number of likely N-dealkylation sites (tertiary alicyclic amines) is 1. The van der Waals surface area contributed by atoms with E-state index in [4.69, 9.17) is 4.42 Å². The Labute approximate surface area is 147 Å². The van der Waals surface area contributed by atoms with Gasteiger partial charge >= 0.3 is 0 Å². The molecular formula is C19H24N4O2. The van der Waals surface area contributed by atoms with E-state index in [1.54, 1.807) is 12.4 Å². The number of aryl methyl sites for hydroxylation is 1. The Hall–Kier alpha value is -2.21. The Morgan fingerprint density at radius 2 is 2.16 bits per heavy atom. The normalized spacial score (nSPS) is 22.5.